The van der Waals surface area contributed by atoms with Crippen molar-refractivity contribution in [2.75, 3.05) is 0 Å². The van der Waals surface area contributed by atoms with Gasteiger partial charge < -0.3 is 0 Å². The molecule has 0 nitrogen and oxygen atoms in total. The minimum absolute atomic E-state index is 0.352. The van der Waals surface area contributed by atoms with Crippen LogP contribution < -0.4 is 10.6 Å². The van der Waals surface area contributed by atoms with Gasteiger partial charge in [0.15, 0.2) is 0 Å². The zero-order valence-electron chi connectivity index (χ0n) is 14.9. The van der Waals surface area contributed by atoms with Crippen molar-refractivity contribution in [2.45, 2.75) is 31.3 Å². The second-order valence-electron chi connectivity index (χ2n) is 7.30. The Labute approximate surface area is 156 Å². The van der Waals surface area contributed by atoms with E-state index < -0.39 is 0 Å². The molecule has 0 spiro atoms. The molecule has 128 valence electrons. The van der Waals surface area contributed by atoms with Crippen molar-refractivity contribution < 1.29 is 0 Å². The summed E-state index contributed by atoms with van der Waals surface area (Å²) in [6, 6.07) is 31.7. The van der Waals surface area contributed by atoms with Gasteiger partial charge in [-0.05, 0) is 58.6 Å². The van der Waals surface area contributed by atoms with Crippen LogP contribution in [0.4, 0.5) is 0 Å². The Balaban J connectivity index is 1.78. The first-order chi connectivity index (χ1) is 12.9. The SMILES string of the molecule is c1ccc2c(P(c3cccc4ccccc34)C3CCCC3)cccc2c1. The third-order valence-corrected chi connectivity index (χ3v) is 8.81. The first-order valence-electron chi connectivity index (χ1n) is 9.66. The van der Waals surface area contributed by atoms with Crippen LogP contribution in [0.3, 0.4) is 0 Å². The second-order valence-corrected chi connectivity index (χ2v) is 9.74. The zero-order chi connectivity index (χ0) is 17.3. The summed E-state index contributed by atoms with van der Waals surface area (Å²) in [5.74, 6) is 0. The minimum atomic E-state index is -0.352. The number of fused-ring (bicyclic) bond motifs is 2. The minimum Gasteiger partial charge on any atom is -0.0616 e. The molecule has 4 aromatic carbocycles. The van der Waals surface area contributed by atoms with Gasteiger partial charge in [0.05, 0.1) is 0 Å². The van der Waals surface area contributed by atoms with Crippen LogP contribution >= 0.6 is 7.92 Å². The largest absolute Gasteiger partial charge is 0.0616 e. The molecule has 1 heteroatoms. The highest BCUT2D eigenvalue weighted by atomic mass is 31.1. The lowest BCUT2D eigenvalue weighted by Crippen LogP contribution is -2.21. The van der Waals surface area contributed by atoms with Crippen molar-refractivity contribution in [1.82, 2.24) is 0 Å². The van der Waals surface area contributed by atoms with E-state index in [-0.39, 0.29) is 7.92 Å². The van der Waals surface area contributed by atoms with Crippen molar-refractivity contribution in [3.05, 3.63) is 84.9 Å². The fourth-order valence-electron chi connectivity index (χ4n) is 4.52. The Morgan fingerprint density at radius 1 is 0.538 bits per heavy atom. The summed E-state index contributed by atoms with van der Waals surface area (Å²) >= 11 is 0. The fraction of sp³-hybridized carbons (Fsp3) is 0.200. The molecule has 0 saturated heterocycles. The summed E-state index contributed by atoms with van der Waals surface area (Å²) in [4.78, 5) is 0. The Kier molecular flexibility index (Phi) is 4.23. The van der Waals surface area contributed by atoms with Gasteiger partial charge in [-0.2, -0.15) is 0 Å². The van der Waals surface area contributed by atoms with Gasteiger partial charge in [0, 0.05) is 0 Å². The van der Waals surface area contributed by atoms with Crippen molar-refractivity contribution >= 4 is 40.1 Å². The van der Waals surface area contributed by atoms with Gasteiger partial charge in [-0.15, -0.1) is 0 Å². The fourth-order valence-corrected chi connectivity index (χ4v) is 7.87. The molecule has 0 unspecified atom stereocenters. The van der Waals surface area contributed by atoms with Gasteiger partial charge in [0.25, 0.3) is 0 Å². The van der Waals surface area contributed by atoms with E-state index in [2.05, 4.69) is 84.9 Å². The molecule has 0 aliphatic heterocycles. The number of hydrogen-bond acceptors (Lipinski definition) is 0. The standard InChI is InChI=1S/C25H23P/c1-5-15-22-19(9-1)11-7-17-24(22)26(21-13-3-4-14-21)25-18-8-12-20-10-2-6-16-23(20)25/h1-2,5-12,15-18,21H,3-4,13-14H2. The monoisotopic (exact) mass is 354 g/mol. The van der Waals surface area contributed by atoms with Crippen molar-refractivity contribution in [2.24, 2.45) is 0 Å². The Morgan fingerprint density at radius 2 is 1.00 bits per heavy atom. The summed E-state index contributed by atoms with van der Waals surface area (Å²) in [5, 5.41) is 8.77. The van der Waals surface area contributed by atoms with Gasteiger partial charge >= 0.3 is 0 Å². The van der Waals surface area contributed by atoms with Crippen LogP contribution in [-0.4, -0.2) is 5.66 Å². The van der Waals surface area contributed by atoms with E-state index in [4.69, 9.17) is 0 Å². The molecule has 4 aromatic rings. The second kappa shape index (κ2) is 6.86. The highest BCUT2D eigenvalue weighted by molar-refractivity contribution is 7.74. The maximum atomic E-state index is 2.40. The molecule has 0 bridgehead atoms. The zero-order valence-corrected chi connectivity index (χ0v) is 15.8. The van der Waals surface area contributed by atoms with Gasteiger partial charge in [-0.3, -0.25) is 0 Å². The summed E-state index contributed by atoms with van der Waals surface area (Å²) in [7, 11) is -0.352. The maximum absolute atomic E-state index is 2.40. The summed E-state index contributed by atoms with van der Waals surface area (Å²) in [6.45, 7) is 0. The molecule has 0 atom stereocenters. The molecule has 5 rings (SSSR count). The molecular weight excluding hydrogens is 331 g/mol. The molecule has 1 fully saturated rings. The average molecular weight is 354 g/mol. The lowest BCUT2D eigenvalue weighted by atomic mass is 10.1. The highest BCUT2D eigenvalue weighted by Crippen LogP contribution is 2.49. The van der Waals surface area contributed by atoms with E-state index in [1.54, 1.807) is 10.6 Å². The first kappa shape index (κ1) is 16.0. The molecule has 0 amide bonds. The Bertz CT molecular complexity index is 970. The topological polar surface area (TPSA) is 0 Å². The van der Waals surface area contributed by atoms with E-state index in [1.807, 2.05) is 0 Å². The van der Waals surface area contributed by atoms with Gasteiger partial charge in [-0.1, -0.05) is 97.8 Å². The summed E-state index contributed by atoms with van der Waals surface area (Å²) in [5.41, 5.74) is 0.807. The van der Waals surface area contributed by atoms with Crippen molar-refractivity contribution in [1.29, 1.82) is 0 Å². The average Bonchev–Trinajstić information content (AvgIpc) is 3.23. The van der Waals surface area contributed by atoms with Crippen LogP contribution in [0.5, 0.6) is 0 Å². The van der Waals surface area contributed by atoms with Crippen molar-refractivity contribution in [3.63, 3.8) is 0 Å². The van der Waals surface area contributed by atoms with Gasteiger partial charge in [0.1, 0.15) is 0 Å². The summed E-state index contributed by atoms with van der Waals surface area (Å²) < 4.78 is 0. The van der Waals surface area contributed by atoms with E-state index in [1.165, 1.54) is 47.2 Å². The molecular formula is C25H23P. The quantitative estimate of drug-likeness (QED) is 0.375. The van der Waals surface area contributed by atoms with Gasteiger partial charge in [-0.25, -0.2) is 0 Å². The molecule has 1 aliphatic rings. The third-order valence-electron chi connectivity index (χ3n) is 5.74. The lowest BCUT2D eigenvalue weighted by molar-refractivity contribution is 0.886. The number of hydrogen-bond donors (Lipinski definition) is 0. The normalized spacial score (nSPS) is 15.3. The predicted octanol–water partition coefficient (Wildman–Crippen LogP) is 6.37. The summed E-state index contributed by atoms with van der Waals surface area (Å²) in [6.07, 6.45) is 5.52. The van der Waals surface area contributed by atoms with Crippen LogP contribution in [0.2, 0.25) is 0 Å². The highest BCUT2D eigenvalue weighted by Gasteiger charge is 2.29. The van der Waals surface area contributed by atoms with E-state index >= 15 is 0 Å². The first-order valence-corrected chi connectivity index (χ1v) is 11.1. The predicted molar refractivity (Wildman–Crippen MR) is 116 cm³/mol. The maximum Gasteiger partial charge on any atom is -0.0104 e. The molecule has 0 heterocycles. The van der Waals surface area contributed by atoms with E-state index in [0.29, 0.717) is 0 Å². The van der Waals surface area contributed by atoms with Gasteiger partial charge in [0.2, 0.25) is 0 Å². The number of benzene rings is 4. The van der Waals surface area contributed by atoms with Crippen LogP contribution in [0.15, 0.2) is 84.9 Å². The van der Waals surface area contributed by atoms with E-state index in [9.17, 15) is 0 Å². The molecule has 0 N–H and O–H groups in total. The van der Waals surface area contributed by atoms with Crippen molar-refractivity contribution in [3.8, 4) is 0 Å². The molecule has 0 aromatic heterocycles. The third kappa shape index (κ3) is 2.74. The van der Waals surface area contributed by atoms with Crippen LogP contribution in [0.1, 0.15) is 25.7 Å². The Morgan fingerprint density at radius 3 is 1.54 bits per heavy atom. The van der Waals surface area contributed by atoms with E-state index in [0.717, 1.165) is 5.66 Å². The van der Waals surface area contributed by atoms with Crippen LogP contribution in [-0.2, 0) is 0 Å². The van der Waals surface area contributed by atoms with Crippen LogP contribution in [0.25, 0.3) is 21.5 Å². The Hall–Kier alpha value is -2.17. The smallest absolute Gasteiger partial charge is 0.0104 e. The molecule has 1 aliphatic carbocycles. The molecule has 0 radical (unpaired) electrons. The number of rotatable bonds is 3. The molecule has 1 saturated carbocycles. The lowest BCUT2D eigenvalue weighted by Gasteiger charge is -2.27. The molecule has 26 heavy (non-hydrogen) atoms. The van der Waals surface area contributed by atoms with Crippen LogP contribution in [0, 0.1) is 0 Å².